The number of carboxylic acid groups (broad SMARTS) is 1. The summed E-state index contributed by atoms with van der Waals surface area (Å²) in [5, 5.41) is 19.7. The van der Waals surface area contributed by atoms with Gasteiger partial charge in [-0.05, 0) is 37.7 Å². The first kappa shape index (κ1) is 21.5. The molecule has 0 aliphatic carbocycles. The number of hydrogen-bond donors (Lipinski definition) is 3. The Morgan fingerprint density at radius 3 is 2.50 bits per heavy atom. The van der Waals surface area contributed by atoms with Crippen LogP contribution in [-0.2, 0) is 14.6 Å². The molecule has 1 heterocycles. The van der Waals surface area contributed by atoms with E-state index in [1.165, 1.54) is 4.57 Å². The summed E-state index contributed by atoms with van der Waals surface area (Å²) in [6.45, 7) is 1.89. The van der Waals surface area contributed by atoms with Crippen molar-refractivity contribution in [2.45, 2.75) is 19.4 Å². The van der Waals surface area contributed by atoms with Crippen LogP contribution in [0.4, 0.5) is 0 Å². The Bertz CT molecular complexity index is 1130. The van der Waals surface area contributed by atoms with E-state index in [4.69, 9.17) is 12.2 Å². The van der Waals surface area contributed by atoms with Crippen molar-refractivity contribution in [1.82, 2.24) is 9.55 Å². The second-order valence-electron chi connectivity index (χ2n) is 6.22. The maximum Gasteiger partial charge on any atom is 0.328 e. The summed E-state index contributed by atoms with van der Waals surface area (Å²) in [6.07, 6.45) is 1.63. The van der Waals surface area contributed by atoms with Gasteiger partial charge in [0.15, 0.2) is 4.77 Å². The number of rotatable bonds is 7. The fourth-order valence-electron chi connectivity index (χ4n) is 2.34. The van der Waals surface area contributed by atoms with Crippen LogP contribution in [0.5, 0.6) is 5.88 Å². The van der Waals surface area contributed by atoms with E-state index in [1.807, 2.05) is 6.92 Å². The number of nitrogens with zero attached hydrogens (tertiary/aromatic N) is 2. The number of aryl methyl sites for hydroxylation is 1. The number of benzene rings is 1. The summed E-state index contributed by atoms with van der Waals surface area (Å²) in [7, 11) is -3.38. The van der Waals surface area contributed by atoms with Gasteiger partial charge in [0.2, 0.25) is 5.88 Å². The van der Waals surface area contributed by atoms with Gasteiger partial charge in [0.25, 0.3) is 5.56 Å². The topological polar surface area (TPSA) is 142 Å². The Morgan fingerprint density at radius 2 is 1.96 bits per heavy atom. The smallest absolute Gasteiger partial charge is 0.328 e. The molecule has 3 N–H and O–H groups in total. The zero-order valence-corrected chi connectivity index (χ0v) is 16.7. The first-order valence-corrected chi connectivity index (χ1v) is 10.6. The third kappa shape index (κ3) is 5.36. The summed E-state index contributed by atoms with van der Waals surface area (Å²) >= 11 is 5.10. The summed E-state index contributed by atoms with van der Waals surface area (Å²) in [5.74, 6) is -2.23. The third-order valence-corrected chi connectivity index (χ3v) is 5.11. The number of sulfone groups is 1. The van der Waals surface area contributed by atoms with Crippen LogP contribution in [-0.4, -0.2) is 58.4 Å². The van der Waals surface area contributed by atoms with Crippen molar-refractivity contribution in [1.29, 1.82) is 0 Å². The molecule has 0 aliphatic rings. The number of nitrogens with one attached hydrogen (secondary N) is 1. The maximum absolute atomic E-state index is 12.2. The second kappa shape index (κ2) is 8.48. The highest BCUT2D eigenvalue weighted by Crippen LogP contribution is 2.19. The van der Waals surface area contributed by atoms with Crippen molar-refractivity contribution in [3.05, 3.63) is 50.5 Å². The number of aromatic nitrogens is 2. The van der Waals surface area contributed by atoms with Crippen molar-refractivity contribution in [2.75, 3.05) is 12.0 Å². The Balaban J connectivity index is 2.47. The maximum atomic E-state index is 12.2. The lowest BCUT2D eigenvalue weighted by molar-refractivity contribution is -0.138. The van der Waals surface area contributed by atoms with Gasteiger partial charge in [-0.25, -0.2) is 13.2 Å². The summed E-state index contributed by atoms with van der Waals surface area (Å²) in [4.78, 5) is 29.6. The monoisotopic (exact) mass is 425 g/mol. The molecule has 1 unspecified atom stereocenters. The zero-order valence-electron chi connectivity index (χ0n) is 15.1. The van der Waals surface area contributed by atoms with Crippen molar-refractivity contribution in [3.8, 4) is 11.6 Å². The largest absolute Gasteiger partial charge is 0.494 e. The second-order valence-corrected chi connectivity index (χ2v) is 8.86. The molecule has 1 aromatic carbocycles. The van der Waals surface area contributed by atoms with Crippen molar-refractivity contribution < 1.29 is 23.4 Å². The average molecular weight is 425 g/mol. The van der Waals surface area contributed by atoms with Crippen LogP contribution in [0.15, 0.2) is 34.1 Å². The van der Waals surface area contributed by atoms with Gasteiger partial charge < -0.3 is 10.2 Å². The minimum atomic E-state index is -3.38. The number of hydrogen-bond acceptors (Lipinski definition) is 7. The Morgan fingerprint density at radius 1 is 1.36 bits per heavy atom. The normalized spacial score (nSPS) is 12.9. The minimum absolute atomic E-state index is 0.0460. The van der Waals surface area contributed by atoms with E-state index in [9.17, 15) is 28.2 Å². The van der Waals surface area contributed by atoms with Gasteiger partial charge >= 0.3 is 5.97 Å². The van der Waals surface area contributed by atoms with Crippen molar-refractivity contribution >= 4 is 34.2 Å². The number of aliphatic imine (C=N–C) groups is 1. The van der Waals surface area contributed by atoms with Gasteiger partial charge in [0.1, 0.15) is 21.4 Å². The van der Waals surface area contributed by atoms with Crippen LogP contribution in [0, 0.1) is 11.7 Å². The molecule has 0 aliphatic heterocycles. The van der Waals surface area contributed by atoms with E-state index < -0.39 is 33.3 Å². The van der Waals surface area contributed by atoms with Crippen LogP contribution in [0.2, 0.25) is 0 Å². The molecule has 0 radical (unpaired) electrons. The molecule has 2 aromatic rings. The molecule has 11 heteroatoms. The molecule has 1 aromatic heterocycles. The molecule has 0 saturated carbocycles. The summed E-state index contributed by atoms with van der Waals surface area (Å²) < 4.78 is 23.7. The molecule has 9 nitrogen and oxygen atoms in total. The van der Waals surface area contributed by atoms with Crippen LogP contribution in [0.25, 0.3) is 5.69 Å². The summed E-state index contributed by atoms with van der Waals surface area (Å²) in [6, 6.07) is 5.58. The molecule has 0 spiro atoms. The first-order valence-electron chi connectivity index (χ1n) is 8.08. The summed E-state index contributed by atoms with van der Waals surface area (Å²) in [5.41, 5.74) is 0.434. The number of aromatic hydroxyl groups is 1. The van der Waals surface area contributed by atoms with E-state index in [0.717, 1.165) is 18.0 Å². The lowest BCUT2D eigenvalue weighted by Gasteiger charge is -2.12. The number of aromatic amines is 1. The number of carboxylic acids is 1. The molecule has 2 rings (SSSR count). The molecule has 0 bridgehead atoms. The van der Waals surface area contributed by atoms with Gasteiger partial charge in [-0.2, -0.15) is 0 Å². The molecule has 0 amide bonds. The van der Waals surface area contributed by atoms with E-state index in [2.05, 4.69) is 9.98 Å². The van der Waals surface area contributed by atoms with Gasteiger partial charge in [0, 0.05) is 12.5 Å². The van der Waals surface area contributed by atoms with Gasteiger partial charge in [-0.1, -0.05) is 17.7 Å². The highest BCUT2D eigenvalue weighted by atomic mass is 32.2. The standard InChI is InChI=1S/C17H19N3O6S2/c1-10-3-5-11(6-4-10)20-15(22)12(14(21)19-17(20)27)9-18-13(16(23)24)7-8-28(2,25)26/h3-6,9,13,22H,7-8H2,1-2H3,(H,23,24)(H,19,21,27). The van der Waals surface area contributed by atoms with Gasteiger partial charge in [-0.3, -0.25) is 19.3 Å². The fraction of sp³-hybridized carbons (Fsp3) is 0.294. The minimum Gasteiger partial charge on any atom is -0.494 e. The first-order chi connectivity index (χ1) is 13.0. The number of aliphatic carboxylic acids is 1. The van der Waals surface area contributed by atoms with Gasteiger partial charge in [0.05, 0.1) is 11.4 Å². The molecule has 0 saturated heterocycles. The van der Waals surface area contributed by atoms with Crippen LogP contribution < -0.4 is 5.56 Å². The molecule has 0 fully saturated rings. The third-order valence-electron chi connectivity index (χ3n) is 3.84. The Kier molecular flexibility index (Phi) is 6.52. The SMILES string of the molecule is Cc1ccc(-n2c(O)c(C=NC(CCS(C)(=O)=O)C(=O)O)c(=O)[nH]c2=S)cc1. The van der Waals surface area contributed by atoms with Crippen molar-refractivity contribution in [3.63, 3.8) is 0 Å². The Labute approximate surface area is 165 Å². The molecule has 28 heavy (non-hydrogen) atoms. The zero-order chi connectivity index (χ0) is 21.1. The number of H-pyrrole nitrogens is 1. The van der Waals surface area contributed by atoms with E-state index in [1.54, 1.807) is 24.3 Å². The fourth-order valence-corrected chi connectivity index (χ4v) is 3.28. The molecular weight excluding hydrogens is 406 g/mol. The highest BCUT2D eigenvalue weighted by molar-refractivity contribution is 7.90. The van der Waals surface area contributed by atoms with Gasteiger partial charge in [-0.15, -0.1) is 0 Å². The van der Waals surface area contributed by atoms with E-state index in [0.29, 0.717) is 5.69 Å². The quantitative estimate of drug-likeness (QED) is 0.447. The Hall–Kier alpha value is -2.79. The van der Waals surface area contributed by atoms with Crippen LogP contribution in [0.1, 0.15) is 17.5 Å². The number of carbonyl (C=O) groups is 1. The van der Waals surface area contributed by atoms with Crippen molar-refractivity contribution in [2.24, 2.45) is 4.99 Å². The van der Waals surface area contributed by atoms with Crippen LogP contribution >= 0.6 is 12.2 Å². The van der Waals surface area contributed by atoms with E-state index in [-0.39, 0.29) is 22.5 Å². The lowest BCUT2D eigenvalue weighted by atomic mass is 10.2. The lowest BCUT2D eigenvalue weighted by Crippen LogP contribution is -2.23. The molecule has 1 atom stereocenters. The predicted molar refractivity (Wildman–Crippen MR) is 107 cm³/mol. The molecular formula is C17H19N3O6S2. The predicted octanol–water partition coefficient (Wildman–Crippen LogP) is 1.22. The average Bonchev–Trinajstić information content (AvgIpc) is 2.57. The van der Waals surface area contributed by atoms with Crippen LogP contribution in [0.3, 0.4) is 0 Å². The highest BCUT2D eigenvalue weighted by Gasteiger charge is 2.19. The van der Waals surface area contributed by atoms with E-state index >= 15 is 0 Å². The molecule has 150 valence electrons.